The summed E-state index contributed by atoms with van der Waals surface area (Å²) >= 11 is 0. The lowest BCUT2D eigenvalue weighted by atomic mass is 9.91. The number of carbonyl (C=O) groups excluding carboxylic acids is 2. The molecule has 1 aromatic carbocycles. The molecule has 1 unspecified atom stereocenters. The van der Waals surface area contributed by atoms with Crippen molar-refractivity contribution in [3.63, 3.8) is 0 Å². The van der Waals surface area contributed by atoms with Gasteiger partial charge in [-0.15, -0.1) is 0 Å². The van der Waals surface area contributed by atoms with Crippen LogP contribution in [0.4, 0.5) is 5.69 Å². The number of nitrogens with zero attached hydrogens (tertiary/aromatic N) is 1. The Morgan fingerprint density at radius 1 is 1.36 bits per heavy atom. The van der Waals surface area contributed by atoms with Crippen LogP contribution in [0.25, 0.3) is 0 Å². The topological polar surface area (TPSA) is 84.7 Å². The van der Waals surface area contributed by atoms with Crippen LogP contribution in [-0.4, -0.2) is 37.0 Å². The lowest BCUT2D eigenvalue weighted by Crippen LogP contribution is -2.53. The molecule has 6 nitrogen and oxygen atoms in total. The van der Waals surface area contributed by atoms with Crippen molar-refractivity contribution in [3.05, 3.63) is 24.3 Å². The van der Waals surface area contributed by atoms with Gasteiger partial charge >= 0.3 is 0 Å². The van der Waals surface area contributed by atoms with Gasteiger partial charge < -0.3 is 20.7 Å². The lowest BCUT2D eigenvalue weighted by Gasteiger charge is -2.31. The predicted molar refractivity (Wildman–Crippen MR) is 98.6 cm³/mol. The first kappa shape index (κ1) is 19.2. The number of anilines is 1. The fraction of sp³-hybridized carbons (Fsp3) is 0.579. The van der Waals surface area contributed by atoms with Crippen molar-refractivity contribution >= 4 is 17.5 Å². The molecule has 1 atom stereocenters. The van der Waals surface area contributed by atoms with Crippen LogP contribution in [0.15, 0.2) is 24.3 Å². The largest absolute Gasteiger partial charge is 0.484 e. The van der Waals surface area contributed by atoms with Crippen LogP contribution in [0.5, 0.6) is 5.75 Å². The van der Waals surface area contributed by atoms with Crippen LogP contribution < -0.4 is 20.7 Å². The van der Waals surface area contributed by atoms with Crippen molar-refractivity contribution in [2.45, 2.75) is 45.6 Å². The molecule has 6 heteroatoms. The molecular weight excluding hydrogens is 318 g/mol. The molecule has 1 heterocycles. The van der Waals surface area contributed by atoms with Gasteiger partial charge in [0.25, 0.3) is 5.91 Å². The Kier molecular flexibility index (Phi) is 6.42. The molecule has 1 aliphatic heterocycles. The third-order valence-electron chi connectivity index (χ3n) is 4.34. The zero-order chi connectivity index (χ0) is 18.4. The normalized spacial score (nSPS) is 16.8. The fourth-order valence-corrected chi connectivity index (χ4v) is 3.25. The molecule has 0 radical (unpaired) electrons. The predicted octanol–water partition coefficient (Wildman–Crippen LogP) is 2.07. The van der Waals surface area contributed by atoms with E-state index >= 15 is 0 Å². The van der Waals surface area contributed by atoms with E-state index in [0.29, 0.717) is 24.6 Å². The molecule has 1 aromatic rings. The van der Waals surface area contributed by atoms with Gasteiger partial charge in [-0.1, -0.05) is 13.8 Å². The summed E-state index contributed by atoms with van der Waals surface area (Å²) in [5.74, 6) is 1.01. The van der Waals surface area contributed by atoms with Crippen LogP contribution >= 0.6 is 0 Å². The van der Waals surface area contributed by atoms with Gasteiger partial charge in [0.15, 0.2) is 6.61 Å². The van der Waals surface area contributed by atoms with E-state index in [9.17, 15) is 9.59 Å². The van der Waals surface area contributed by atoms with E-state index in [2.05, 4.69) is 19.2 Å². The van der Waals surface area contributed by atoms with Gasteiger partial charge in [0.1, 0.15) is 5.75 Å². The molecule has 0 bridgehead atoms. The zero-order valence-corrected chi connectivity index (χ0v) is 15.4. The highest BCUT2D eigenvalue weighted by atomic mass is 16.5. The molecule has 0 aromatic heterocycles. The van der Waals surface area contributed by atoms with Gasteiger partial charge in [-0.05, 0) is 49.9 Å². The lowest BCUT2D eigenvalue weighted by molar-refractivity contribution is -0.125. The smallest absolute Gasteiger partial charge is 0.258 e. The molecule has 0 saturated carbocycles. The molecule has 0 spiro atoms. The highest BCUT2D eigenvalue weighted by molar-refractivity contribution is 5.95. The first-order valence-electron chi connectivity index (χ1n) is 8.87. The second kappa shape index (κ2) is 8.34. The summed E-state index contributed by atoms with van der Waals surface area (Å²) < 4.78 is 5.55. The molecule has 1 fully saturated rings. The van der Waals surface area contributed by atoms with Crippen LogP contribution in [0.3, 0.4) is 0 Å². The minimum absolute atomic E-state index is 0.0598. The van der Waals surface area contributed by atoms with Crippen LogP contribution in [0.1, 0.15) is 40.0 Å². The number of hydrogen-bond donors (Lipinski definition) is 2. The third-order valence-corrected chi connectivity index (χ3v) is 4.34. The first-order valence-corrected chi connectivity index (χ1v) is 8.87. The Morgan fingerprint density at radius 3 is 2.56 bits per heavy atom. The van der Waals surface area contributed by atoms with Gasteiger partial charge in [0.2, 0.25) is 5.91 Å². The molecule has 1 saturated heterocycles. The second-order valence-electron chi connectivity index (χ2n) is 7.34. The van der Waals surface area contributed by atoms with Gasteiger partial charge in [0, 0.05) is 30.7 Å². The number of ether oxygens (including phenoxy) is 1. The number of benzene rings is 1. The maximum absolute atomic E-state index is 12.1. The summed E-state index contributed by atoms with van der Waals surface area (Å²) in [6, 6.07) is 7.26. The summed E-state index contributed by atoms with van der Waals surface area (Å²) in [7, 11) is 0. The molecule has 2 rings (SSSR count). The van der Waals surface area contributed by atoms with Crippen LogP contribution in [-0.2, 0) is 9.59 Å². The molecule has 3 N–H and O–H groups in total. The van der Waals surface area contributed by atoms with Crippen LogP contribution in [0.2, 0.25) is 0 Å². The number of amides is 2. The van der Waals surface area contributed by atoms with Gasteiger partial charge in [-0.3, -0.25) is 9.59 Å². The van der Waals surface area contributed by atoms with Crippen molar-refractivity contribution in [2.24, 2.45) is 11.7 Å². The van der Waals surface area contributed by atoms with Crippen molar-refractivity contribution in [3.8, 4) is 5.75 Å². The second-order valence-corrected chi connectivity index (χ2v) is 7.34. The van der Waals surface area contributed by atoms with Gasteiger partial charge in [-0.25, -0.2) is 0 Å². The highest BCUT2D eigenvalue weighted by Gasteiger charge is 2.26. The Hall–Kier alpha value is -2.08. The standard InChI is InChI=1S/C19H29N3O3/c1-14(2)11-19(3,13-20)21-17(23)12-25-16-8-6-15(7-9-16)22-10-4-5-18(22)24/h6-9,14H,4-5,10-13,20H2,1-3H3,(H,21,23). The number of nitrogens with one attached hydrogen (secondary N) is 1. The van der Waals surface area contributed by atoms with Crippen molar-refractivity contribution in [1.29, 1.82) is 0 Å². The van der Waals surface area contributed by atoms with E-state index in [-0.39, 0.29) is 18.4 Å². The number of rotatable bonds is 8. The average molecular weight is 347 g/mol. The van der Waals surface area contributed by atoms with E-state index in [4.69, 9.17) is 10.5 Å². The summed E-state index contributed by atoms with van der Waals surface area (Å²) in [5.41, 5.74) is 6.26. The molecule has 25 heavy (non-hydrogen) atoms. The summed E-state index contributed by atoms with van der Waals surface area (Å²) in [4.78, 5) is 25.7. The average Bonchev–Trinajstić information content (AvgIpc) is 2.98. The van der Waals surface area contributed by atoms with E-state index in [1.165, 1.54) is 0 Å². The highest BCUT2D eigenvalue weighted by Crippen LogP contribution is 2.24. The van der Waals surface area contributed by atoms with E-state index in [1.54, 1.807) is 17.0 Å². The molecule has 0 aliphatic carbocycles. The van der Waals surface area contributed by atoms with Gasteiger partial charge in [0.05, 0.1) is 0 Å². The number of nitrogens with two attached hydrogens (primary N) is 1. The third kappa shape index (κ3) is 5.46. The Labute approximate surface area is 149 Å². The maximum atomic E-state index is 12.1. The first-order chi connectivity index (χ1) is 11.8. The summed E-state index contributed by atoms with van der Waals surface area (Å²) in [6.45, 7) is 7.24. The minimum Gasteiger partial charge on any atom is -0.484 e. The van der Waals surface area contributed by atoms with Crippen molar-refractivity contribution in [1.82, 2.24) is 5.32 Å². The molecule has 2 amide bonds. The summed E-state index contributed by atoms with van der Waals surface area (Å²) in [6.07, 6.45) is 2.32. The van der Waals surface area contributed by atoms with Crippen molar-refractivity contribution in [2.75, 3.05) is 24.6 Å². The van der Waals surface area contributed by atoms with E-state index < -0.39 is 5.54 Å². The summed E-state index contributed by atoms with van der Waals surface area (Å²) in [5, 5.41) is 2.96. The Bertz CT molecular complexity index is 600. The van der Waals surface area contributed by atoms with E-state index in [1.807, 2.05) is 19.1 Å². The monoisotopic (exact) mass is 347 g/mol. The van der Waals surface area contributed by atoms with Crippen molar-refractivity contribution < 1.29 is 14.3 Å². The Balaban J connectivity index is 1.86. The van der Waals surface area contributed by atoms with E-state index in [0.717, 1.165) is 25.1 Å². The Morgan fingerprint density at radius 2 is 2.04 bits per heavy atom. The van der Waals surface area contributed by atoms with Gasteiger partial charge in [-0.2, -0.15) is 0 Å². The SMILES string of the molecule is CC(C)CC(C)(CN)NC(=O)COc1ccc(N2CCCC2=O)cc1. The molecule has 138 valence electrons. The minimum atomic E-state index is -0.422. The fourth-order valence-electron chi connectivity index (χ4n) is 3.25. The molecular formula is C19H29N3O3. The quantitative estimate of drug-likeness (QED) is 0.754. The maximum Gasteiger partial charge on any atom is 0.258 e. The number of hydrogen-bond acceptors (Lipinski definition) is 4. The zero-order valence-electron chi connectivity index (χ0n) is 15.4. The van der Waals surface area contributed by atoms with Crippen LogP contribution in [0, 0.1) is 5.92 Å². The molecule has 1 aliphatic rings. The number of carbonyl (C=O) groups is 2.